The van der Waals surface area contributed by atoms with Gasteiger partial charge in [0.2, 0.25) is 0 Å². The molecule has 0 aliphatic carbocycles. The molecule has 4 rings (SSSR count). The van der Waals surface area contributed by atoms with Crippen molar-refractivity contribution in [3.63, 3.8) is 0 Å². The van der Waals surface area contributed by atoms with Gasteiger partial charge in [0.15, 0.2) is 0 Å². The van der Waals surface area contributed by atoms with Crippen molar-refractivity contribution >= 4 is 23.2 Å². The average Bonchev–Trinajstić information content (AvgIpc) is 3.26. The second-order valence-electron chi connectivity index (χ2n) is 7.89. The van der Waals surface area contributed by atoms with Gasteiger partial charge in [0, 0.05) is 54.7 Å². The summed E-state index contributed by atoms with van der Waals surface area (Å²) in [5.74, 6) is -4.60. The Morgan fingerprint density at radius 1 is 1.18 bits per heavy atom. The lowest BCUT2D eigenvalue weighted by Crippen LogP contribution is -2.38. The molecule has 1 fully saturated rings. The molecule has 34 heavy (non-hydrogen) atoms. The normalized spacial score (nSPS) is 14.7. The summed E-state index contributed by atoms with van der Waals surface area (Å²) in [6, 6.07) is 11.5. The molecule has 0 saturated carbocycles. The van der Waals surface area contributed by atoms with E-state index in [1.54, 1.807) is 42.2 Å². The molecule has 10 heteroatoms. The molecule has 180 valence electrons. The number of hydrogen-bond donors (Lipinski definition) is 1. The number of benzene rings is 2. The fraction of sp³-hybridized carbons (Fsp3) is 0.333. The van der Waals surface area contributed by atoms with Crippen molar-refractivity contribution in [2.75, 3.05) is 44.8 Å². The number of morpholine rings is 1. The Morgan fingerprint density at radius 3 is 2.59 bits per heavy atom. The first kappa shape index (κ1) is 24.1. The second kappa shape index (κ2) is 10.5. The number of aromatic nitrogens is 2. The van der Waals surface area contributed by atoms with Crippen molar-refractivity contribution < 1.29 is 23.0 Å². The molecule has 1 N–H and O–H groups in total. The molecule has 0 spiro atoms. The van der Waals surface area contributed by atoms with Gasteiger partial charge >= 0.3 is 5.92 Å². The third-order valence-corrected chi connectivity index (χ3v) is 5.85. The maximum Gasteiger partial charge on any atom is 0.350 e. The predicted molar refractivity (Wildman–Crippen MR) is 125 cm³/mol. The van der Waals surface area contributed by atoms with E-state index in [0.717, 1.165) is 37.5 Å². The van der Waals surface area contributed by atoms with Crippen LogP contribution in [-0.4, -0.2) is 60.0 Å². The number of anilines is 1. The molecular weight excluding hydrogens is 466 g/mol. The minimum Gasteiger partial charge on any atom is -0.492 e. The van der Waals surface area contributed by atoms with Crippen LogP contribution in [0.1, 0.15) is 5.56 Å². The molecule has 0 atom stereocenters. The standard InChI is InChI=1S/C24H25ClF2N4O3/c1-30-21(8-9-28-30)20-16-19(6-7-22(20)34-15-12-31-10-13-33-14-11-31)29-23(32)24(26,27)17-2-4-18(25)5-3-17/h2-9,16H,10-15H2,1H3,(H,29,32). The SMILES string of the molecule is Cn1nccc1-c1cc(NC(=O)C(F)(F)c2ccc(Cl)cc2)ccc1OCCN1CCOCC1. The van der Waals surface area contributed by atoms with Crippen molar-refractivity contribution in [1.82, 2.24) is 14.7 Å². The Morgan fingerprint density at radius 2 is 1.91 bits per heavy atom. The molecule has 7 nitrogen and oxygen atoms in total. The van der Waals surface area contributed by atoms with E-state index >= 15 is 0 Å². The summed E-state index contributed by atoms with van der Waals surface area (Å²) in [6.45, 7) is 4.30. The van der Waals surface area contributed by atoms with Gasteiger partial charge in [-0.1, -0.05) is 23.7 Å². The maximum atomic E-state index is 14.7. The van der Waals surface area contributed by atoms with E-state index in [0.29, 0.717) is 36.2 Å². The third-order valence-electron chi connectivity index (χ3n) is 5.60. The van der Waals surface area contributed by atoms with Crippen LogP contribution in [0, 0.1) is 0 Å². The molecule has 2 aromatic carbocycles. The van der Waals surface area contributed by atoms with Crippen LogP contribution < -0.4 is 10.1 Å². The number of alkyl halides is 2. The zero-order valence-electron chi connectivity index (χ0n) is 18.6. The summed E-state index contributed by atoms with van der Waals surface area (Å²) >= 11 is 5.77. The van der Waals surface area contributed by atoms with Crippen LogP contribution in [0.15, 0.2) is 54.7 Å². The van der Waals surface area contributed by atoms with Crippen LogP contribution in [0.5, 0.6) is 5.75 Å². The van der Waals surface area contributed by atoms with Gasteiger partial charge in [-0.15, -0.1) is 0 Å². The highest BCUT2D eigenvalue weighted by atomic mass is 35.5. The van der Waals surface area contributed by atoms with E-state index in [1.807, 2.05) is 0 Å². The van der Waals surface area contributed by atoms with Gasteiger partial charge in [-0.3, -0.25) is 14.4 Å². The van der Waals surface area contributed by atoms with Gasteiger partial charge < -0.3 is 14.8 Å². The van der Waals surface area contributed by atoms with Crippen molar-refractivity contribution in [1.29, 1.82) is 0 Å². The molecule has 1 aromatic heterocycles. The molecule has 1 aliphatic heterocycles. The van der Waals surface area contributed by atoms with Crippen molar-refractivity contribution in [3.05, 3.63) is 65.3 Å². The minimum absolute atomic E-state index is 0.218. The van der Waals surface area contributed by atoms with Gasteiger partial charge in [-0.2, -0.15) is 13.9 Å². The van der Waals surface area contributed by atoms with Crippen LogP contribution in [0.25, 0.3) is 11.3 Å². The van der Waals surface area contributed by atoms with Crippen molar-refractivity contribution in [2.45, 2.75) is 5.92 Å². The largest absolute Gasteiger partial charge is 0.492 e. The number of carbonyl (C=O) groups is 1. The monoisotopic (exact) mass is 490 g/mol. The van der Waals surface area contributed by atoms with Gasteiger partial charge in [0.05, 0.1) is 18.9 Å². The number of ether oxygens (including phenoxy) is 2. The first-order valence-corrected chi connectivity index (χ1v) is 11.2. The molecule has 0 radical (unpaired) electrons. The summed E-state index contributed by atoms with van der Waals surface area (Å²) in [5.41, 5.74) is 1.14. The Bertz CT molecular complexity index is 1130. The van der Waals surface area contributed by atoms with E-state index in [-0.39, 0.29) is 5.69 Å². The topological polar surface area (TPSA) is 68.6 Å². The first-order valence-electron chi connectivity index (χ1n) is 10.9. The number of nitrogens with one attached hydrogen (secondary N) is 1. The lowest BCUT2D eigenvalue weighted by atomic mass is 10.1. The Hall–Kier alpha value is -3.01. The number of hydrogen-bond acceptors (Lipinski definition) is 5. The molecule has 0 unspecified atom stereocenters. The van der Waals surface area contributed by atoms with Crippen molar-refractivity contribution in [3.8, 4) is 17.0 Å². The Balaban J connectivity index is 1.52. The van der Waals surface area contributed by atoms with Gasteiger partial charge in [-0.05, 0) is 36.4 Å². The van der Waals surface area contributed by atoms with Crippen LogP contribution in [0.4, 0.5) is 14.5 Å². The van der Waals surface area contributed by atoms with E-state index in [2.05, 4.69) is 15.3 Å². The van der Waals surface area contributed by atoms with Crippen molar-refractivity contribution in [2.24, 2.45) is 7.05 Å². The lowest BCUT2D eigenvalue weighted by Gasteiger charge is -2.26. The number of carbonyl (C=O) groups excluding carboxylic acids is 1. The summed E-state index contributed by atoms with van der Waals surface area (Å²) in [5, 5.41) is 6.82. The molecular formula is C24H25ClF2N4O3. The summed E-state index contributed by atoms with van der Waals surface area (Å²) in [4.78, 5) is 14.7. The van der Waals surface area contributed by atoms with E-state index < -0.39 is 17.4 Å². The zero-order valence-corrected chi connectivity index (χ0v) is 19.4. The molecule has 1 saturated heterocycles. The minimum atomic E-state index is -3.73. The number of nitrogens with zero attached hydrogens (tertiary/aromatic N) is 3. The molecule has 2 heterocycles. The summed E-state index contributed by atoms with van der Waals surface area (Å²) in [7, 11) is 1.77. The average molecular weight is 491 g/mol. The molecule has 1 amide bonds. The van der Waals surface area contributed by atoms with E-state index in [4.69, 9.17) is 21.1 Å². The molecule has 0 bridgehead atoms. The highest BCUT2D eigenvalue weighted by molar-refractivity contribution is 6.30. The fourth-order valence-electron chi connectivity index (χ4n) is 3.68. The predicted octanol–water partition coefficient (Wildman–Crippen LogP) is 4.18. The third kappa shape index (κ3) is 5.55. The van der Waals surface area contributed by atoms with E-state index in [1.165, 1.54) is 12.1 Å². The quantitative estimate of drug-likeness (QED) is 0.513. The Kier molecular flexibility index (Phi) is 7.45. The highest BCUT2D eigenvalue weighted by Gasteiger charge is 2.41. The van der Waals surface area contributed by atoms with Crippen LogP contribution >= 0.6 is 11.6 Å². The summed E-state index contributed by atoms with van der Waals surface area (Å²) in [6.07, 6.45) is 1.63. The van der Waals surface area contributed by atoms with E-state index in [9.17, 15) is 13.6 Å². The van der Waals surface area contributed by atoms with Crippen LogP contribution in [0.3, 0.4) is 0 Å². The number of aryl methyl sites for hydroxylation is 1. The number of amides is 1. The fourth-order valence-corrected chi connectivity index (χ4v) is 3.81. The smallest absolute Gasteiger partial charge is 0.350 e. The maximum absolute atomic E-state index is 14.7. The Labute approximate surface area is 201 Å². The number of rotatable bonds is 8. The van der Waals surface area contributed by atoms with Gasteiger partial charge in [0.1, 0.15) is 12.4 Å². The highest BCUT2D eigenvalue weighted by Crippen LogP contribution is 2.34. The molecule has 1 aliphatic rings. The van der Waals surface area contributed by atoms with Gasteiger partial charge in [0.25, 0.3) is 5.91 Å². The molecule has 3 aromatic rings. The van der Waals surface area contributed by atoms with Gasteiger partial charge in [-0.25, -0.2) is 0 Å². The van der Waals surface area contributed by atoms with Crippen LogP contribution in [0.2, 0.25) is 5.02 Å². The van der Waals surface area contributed by atoms with Crippen LogP contribution in [-0.2, 0) is 22.5 Å². The zero-order chi connectivity index (χ0) is 24.1. The number of halogens is 3. The second-order valence-corrected chi connectivity index (χ2v) is 8.33. The first-order chi connectivity index (χ1) is 16.3. The summed E-state index contributed by atoms with van der Waals surface area (Å²) < 4.78 is 42.5. The lowest BCUT2D eigenvalue weighted by molar-refractivity contribution is -0.140.